The van der Waals surface area contributed by atoms with Crippen LogP contribution in [0.1, 0.15) is 21.5 Å². The van der Waals surface area contributed by atoms with E-state index < -0.39 is 0 Å². The number of hydrogen-bond donors (Lipinski definition) is 2. The molecular formula is C22H23N3O3. The Kier molecular flexibility index (Phi) is 6.11. The van der Waals surface area contributed by atoms with E-state index in [2.05, 4.69) is 15.6 Å². The van der Waals surface area contributed by atoms with Crippen LogP contribution in [-0.2, 0) is 6.54 Å². The summed E-state index contributed by atoms with van der Waals surface area (Å²) >= 11 is 0. The number of amides is 1. The molecule has 6 nitrogen and oxygen atoms in total. The van der Waals surface area contributed by atoms with E-state index >= 15 is 0 Å². The fourth-order valence-electron chi connectivity index (χ4n) is 2.75. The molecule has 0 fully saturated rings. The number of carbonyl (C=O) groups is 1. The summed E-state index contributed by atoms with van der Waals surface area (Å²) < 4.78 is 10.5. The van der Waals surface area contributed by atoms with Crippen LogP contribution < -0.4 is 20.1 Å². The van der Waals surface area contributed by atoms with Crippen molar-refractivity contribution in [2.24, 2.45) is 0 Å². The fourth-order valence-corrected chi connectivity index (χ4v) is 2.75. The molecule has 0 aliphatic rings. The number of aryl methyl sites for hydroxylation is 1. The first-order chi connectivity index (χ1) is 13.6. The van der Waals surface area contributed by atoms with Gasteiger partial charge in [-0.25, -0.2) is 4.98 Å². The van der Waals surface area contributed by atoms with Crippen LogP contribution in [0.5, 0.6) is 11.5 Å². The molecule has 28 heavy (non-hydrogen) atoms. The maximum atomic E-state index is 12.4. The van der Waals surface area contributed by atoms with Gasteiger partial charge in [-0.05, 0) is 42.3 Å². The molecule has 0 bridgehead atoms. The highest BCUT2D eigenvalue weighted by molar-refractivity contribution is 5.94. The number of nitrogens with one attached hydrogen (secondary N) is 2. The molecule has 1 aromatic heterocycles. The molecule has 0 atom stereocenters. The van der Waals surface area contributed by atoms with Gasteiger partial charge < -0.3 is 20.1 Å². The number of pyridine rings is 1. The van der Waals surface area contributed by atoms with E-state index in [1.165, 1.54) is 0 Å². The first-order valence-electron chi connectivity index (χ1n) is 8.88. The molecule has 0 saturated heterocycles. The molecule has 0 aliphatic heterocycles. The molecule has 3 rings (SSSR count). The zero-order chi connectivity index (χ0) is 19.9. The second-order valence-corrected chi connectivity index (χ2v) is 6.24. The third-order valence-corrected chi connectivity index (χ3v) is 4.38. The number of ether oxygens (including phenoxy) is 2. The fraction of sp³-hybridized carbons (Fsp3) is 0.182. The highest BCUT2D eigenvalue weighted by Crippen LogP contribution is 2.30. The summed E-state index contributed by atoms with van der Waals surface area (Å²) in [5, 5.41) is 6.11. The molecule has 0 spiro atoms. The molecule has 0 unspecified atom stereocenters. The molecule has 1 amide bonds. The molecule has 144 valence electrons. The number of carbonyl (C=O) groups excluding carboxylic acids is 1. The van der Waals surface area contributed by atoms with Gasteiger partial charge in [0.2, 0.25) is 0 Å². The van der Waals surface area contributed by atoms with Crippen molar-refractivity contribution in [3.8, 4) is 11.5 Å². The molecule has 0 aliphatic carbocycles. The lowest BCUT2D eigenvalue weighted by atomic mass is 10.1. The van der Waals surface area contributed by atoms with Crippen molar-refractivity contribution in [3.05, 3.63) is 77.5 Å². The molecule has 3 aromatic rings. The minimum absolute atomic E-state index is 0.159. The number of nitrogens with zero attached hydrogens (tertiary/aromatic N) is 1. The van der Waals surface area contributed by atoms with Crippen LogP contribution in [0.4, 0.5) is 11.5 Å². The number of methoxy groups -OCH3 is 2. The average Bonchev–Trinajstić information content (AvgIpc) is 2.73. The number of benzene rings is 2. The van der Waals surface area contributed by atoms with E-state index in [0.29, 0.717) is 29.4 Å². The van der Waals surface area contributed by atoms with Crippen LogP contribution in [0.3, 0.4) is 0 Å². The lowest BCUT2D eigenvalue weighted by molar-refractivity contribution is 0.0950. The van der Waals surface area contributed by atoms with Gasteiger partial charge in [0.1, 0.15) is 5.82 Å². The van der Waals surface area contributed by atoms with Gasteiger partial charge in [0, 0.05) is 24.5 Å². The van der Waals surface area contributed by atoms with Gasteiger partial charge in [0.25, 0.3) is 5.91 Å². The highest BCUT2D eigenvalue weighted by atomic mass is 16.5. The number of rotatable bonds is 7. The Balaban J connectivity index is 1.63. The Morgan fingerprint density at radius 1 is 1.00 bits per heavy atom. The van der Waals surface area contributed by atoms with Gasteiger partial charge in [-0.15, -0.1) is 0 Å². The largest absolute Gasteiger partial charge is 0.493 e. The summed E-state index contributed by atoms with van der Waals surface area (Å²) in [5.41, 5.74) is 3.55. The van der Waals surface area contributed by atoms with E-state index in [1.807, 2.05) is 49.4 Å². The Bertz CT molecular complexity index is 955. The standard InChI is InChI=1S/C22H23N3O3/c1-15-6-4-5-7-16(15)13-24-22(26)17-8-11-21(23-14-17)25-18-9-10-19(27-2)20(12-18)28-3/h4-12,14H,13H2,1-3H3,(H,23,25)(H,24,26). The van der Waals surface area contributed by atoms with E-state index in [-0.39, 0.29) is 5.91 Å². The Morgan fingerprint density at radius 2 is 1.79 bits per heavy atom. The predicted molar refractivity (Wildman–Crippen MR) is 109 cm³/mol. The summed E-state index contributed by atoms with van der Waals surface area (Å²) in [6.45, 7) is 2.51. The van der Waals surface area contributed by atoms with Crippen molar-refractivity contribution < 1.29 is 14.3 Å². The van der Waals surface area contributed by atoms with E-state index in [1.54, 1.807) is 32.5 Å². The second-order valence-electron chi connectivity index (χ2n) is 6.24. The van der Waals surface area contributed by atoms with Gasteiger partial charge in [-0.2, -0.15) is 0 Å². The zero-order valence-electron chi connectivity index (χ0n) is 16.2. The second kappa shape index (κ2) is 8.90. The number of aromatic nitrogens is 1. The quantitative estimate of drug-likeness (QED) is 0.649. The summed E-state index contributed by atoms with van der Waals surface area (Å²) in [6, 6.07) is 17.0. The molecule has 2 aromatic carbocycles. The third kappa shape index (κ3) is 4.59. The van der Waals surface area contributed by atoms with Crippen LogP contribution in [-0.4, -0.2) is 25.1 Å². The van der Waals surface area contributed by atoms with E-state index in [4.69, 9.17) is 9.47 Å². The lowest BCUT2D eigenvalue weighted by Gasteiger charge is -2.11. The monoisotopic (exact) mass is 377 g/mol. The molecule has 1 heterocycles. The minimum atomic E-state index is -0.159. The maximum absolute atomic E-state index is 12.4. The number of anilines is 2. The predicted octanol–water partition coefficient (Wildman–Crippen LogP) is 4.08. The van der Waals surface area contributed by atoms with Crippen LogP contribution >= 0.6 is 0 Å². The molecule has 6 heteroatoms. The van der Waals surface area contributed by atoms with Crippen molar-refractivity contribution in [1.29, 1.82) is 0 Å². The maximum Gasteiger partial charge on any atom is 0.253 e. The smallest absolute Gasteiger partial charge is 0.253 e. The van der Waals surface area contributed by atoms with Crippen molar-refractivity contribution in [1.82, 2.24) is 10.3 Å². The van der Waals surface area contributed by atoms with Gasteiger partial charge in [0.15, 0.2) is 11.5 Å². The van der Waals surface area contributed by atoms with Crippen molar-refractivity contribution in [2.75, 3.05) is 19.5 Å². The van der Waals surface area contributed by atoms with Gasteiger partial charge in [-0.1, -0.05) is 24.3 Å². The third-order valence-electron chi connectivity index (χ3n) is 4.38. The molecule has 2 N–H and O–H groups in total. The van der Waals surface area contributed by atoms with Gasteiger partial charge in [-0.3, -0.25) is 4.79 Å². The van der Waals surface area contributed by atoms with Crippen LogP contribution in [0.2, 0.25) is 0 Å². The Hall–Kier alpha value is -3.54. The minimum Gasteiger partial charge on any atom is -0.493 e. The molecular weight excluding hydrogens is 354 g/mol. The first-order valence-corrected chi connectivity index (χ1v) is 8.88. The molecule has 0 saturated carbocycles. The summed E-state index contributed by atoms with van der Waals surface area (Å²) in [4.78, 5) is 16.7. The van der Waals surface area contributed by atoms with Crippen molar-refractivity contribution in [3.63, 3.8) is 0 Å². The Morgan fingerprint density at radius 3 is 2.46 bits per heavy atom. The molecule has 0 radical (unpaired) electrons. The lowest BCUT2D eigenvalue weighted by Crippen LogP contribution is -2.23. The van der Waals surface area contributed by atoms with E-state index in [0.717, 1.165) is 16.8 Å². The topological polar surface area (TPSA) is 72.5 Å². The van der Waals surface area contributed by atoms with Crippen LogP contribution in [0.25, 0.3) is 0 Å². The van der Waals surface area contributed by atoms with Gasteiger partial charge in [0.05, 0.1) is 19.8 Å². The summed E-state index contributed by atoms with van der Waals surface area (Å²) in [6.07, 6.45) is 1.55. The van der Waals surface area contributed by atoms with Crippen LogP contribution in [0.15, 0.2) is 60.8 Å². The van der Waals surface area contributed by atoms with Crippen molar-refractivity contribution in [2.45, 2.75) is 13.5 Å². The summed E-state index contributed by atoms with van der Waals surface area (Å²) in [5.74, 6) is 1.75. The highest BCUT2D eigenvalue weighted by Gasteiger charge is 2.08. The van der Waals surface area contributed by atoms with Gasteiger partial charge >= 0.3 is 0 Å². The van der Waals surface area contributed by atoms with E-state index in [9.17, 15) is 4.79 Å². The van der Waals surface area contributed by atoms with Crippen molar-refractivity contribution >= 4 is 17.4 Å². The SMILES string of the molecule is COc1ccc(Nc2ccc(C(=O)NCc3ccccc3C)cn2)cc1OC. The summed E-state index contributed by atoms with van der Waals surface area (Å²) in [7, 11) is 3.18. The average molecular weight is 377 g/mol. The normalized spacial score (nSPS) is 10.2. The Labute approximate surface area is 164 Å². The first kappa shape index (κ1) is 19.2. The van der Waals surface area contributed by atoms with Crippen LogP contribution in [0, 0.1) is 6.92 Å². The number of hydrogen-bond acceptors (Lipinski definition) is 5. The zero-order valence-corrected chi connectivity index (χ0v) is 16.2.